The Morgan fingerprint density at radius 1 is 0.889 bits per heavy atom. The summed E-state index contributed by atoms with van der Waals surface area (Å²) in [6.45, 7) is 6.62. The number of piperidine rings is 1. The average Bonchev–Trinajstić information content (AvgIpc) is 3.56. The van der Waals surface area contributed by atoms with E-state index in [1.54, 1.807) is 0 Å². The molecule has 36 heavy (non-hydrogen) atoms. The Labute approximate surface area is 212 Å². The summed E-state index contributed by atoms with van der Waals surface area (Å²) < 4.78 is 0. The van der Waals surface area contributed by atoms with Gasteiger partial charge in [-0.15, -0.1) is 0 Å². The lowest BCUT2D eigenvalue weighted by atomic mass is 9.86. The molecule has 5 aliphatic heterocycles. The largest absolute Gasteiger partial charge is 0.375 e. The molecule has 5 heterocycles. The van der Waals surface area contributed by atoms with Crippen LogP contribution in [0.1, 0.15) is 40.0 Å². The zero-order chi connectivity index (χ0) is 24.4. The highest BCUT2D eigenvalue weighted by Gasteiger charge is 2.67. The first-order chi connectivity index (χ1) is 17.5. The van der Waals surface area contributed by atoms with Crippen molar-refractivity contribution in [3.63, 3.8) is 0 Å². The van der Waals surface area contributed by atoms with Crippen LogP contribution in [-0.4, -0.2) is 46.8 Å². The van der Waals surface area contributed by atoms with Gasteiger partial charge in [0, 0.05) is 17.8 Å². The Kier molecular flexibility index (Phi) is 4.83. The summed E-state index contributed by atoms with van der Waals surface area (Å²) in [5.41, 5.74) is 8.41. The molecule has 2 aromatic rings. The van der Waals surface area contributed by atoms with Crippen LogP contribution in [0.25, 0.3) is 0 Å². The number of benzene rings is 2. The predicted octanol–water partition coefficient (Wildman–Crippen LogP) is 5.54. The van der Waals surface area contributed by atoms with Crippen LogP contribution in [0.3, 0.4) is 0 Å². The highest BCUT2D eigenvalue weighted by Crippen LogP contribution is 2.55. The molecule has 6 heteroatoms. The fourth-order valence-corrected chi connectivity index (χ4v) is 6.54. The average molecular weight is 477 g/mol. The molecule has 2 saturated heterocycles. The summed E-state index contributed by atoms with van der Waals surface area (Å²) in [7, 11) is 0. The number of dihydropyridines is 1. The van der Waals surface area contributed by atoms with Crippen molar-refractivity contribution in [2.45, 2.75) is 69.7 Å². The van der Waals surface area contributed by atoms with E-state index in [-0.39, 0.29) is 29.7 Å². The van der Waals surface area contributed by atoms with Crippen LogP contribution in [-0.2, 0) is 0 Å². The van der Waals surface area contributed by atoms with Gasteiger partial charge >= 0.3 is 0 Å². The topological polar surface area (TPSA) is 64.1 Å². The van der Waals surface area contributed by atoms with Crippen molar-refractivity contribution < 1.29 is 0 Å². The number of allylic oxidation sites excluding steroid dienone is 3. The minimum atomic E-state index is -0.114. The van der Waals surface area contributed by atoms with E-state index in [0.29, 0.717) is 0 Å². The van der Waals surface area contributed by atoms with Gasteiger partial charge in [0.1, 0.15) is 0 Å². The van der Waals surface area contributed by atoms with Crippen molar-refractivity contribution in [1.29, 1.82) is 0 Å². The third-order valence-corrected chi connectivity index (χ3v) is 8.55. The smallest absolute Gasteiger partial charge is 0.0951 e. The number of para-hydroxylation sites is 4. The van der Waals surface area contributed by atoms with Crippen molar-refractivity contribution in [1.82, 2.24) is 10.6 Å². The molecule has 0 spiro atoms. The highest BCUT2D eigenvalue weighted by atomic mass is 15.5. The molecule has 4 bridgehead atoms. The van der Waals surface area contributed by atoms with E-state index >= 15 is 0 Å². The Hall–Kier alpha value is -3.51. The summed E-state index contributed by atoms with van der Waals surface area (Å²) in [5, 5.41) is 7.79. The first-order valence-electron chi connectivity index (χ1n) is 13.1. The molecule has 182 valence electrons. The monoisotopic (exact) mass is 476 g/mol. The van der Waals surface area contributed by atoms with Gasteiger partial charge in [0.15, 0.2) is 0 Å². The second-order valence-electron chi connectivity index (χ2n) is 10.8. The summed E-state index contributed by atoms with van der Waals surface area (Å²) in [6, 6.07) is 17.6. The van der Waals surface area contributed by atoms with E-state index in [2.05, 4.69) is 90.9 Å². The Morgan fingerprint density at radius 3 is 2.44 bits per heavy atom. The van der Waals surface area contributed by atoms with Crippen LogP contribution in [0.2, 0.25) is 0 Å². The fourth-order valence-electron chi connectivity index (χ4n) is 6.54. The molecule has 5 unspecified atom stereocenters. The van der Waals surface area contributed by atoms with Gasteiger partial charge in [0.05, 0.1) is 57.5 Å². The van der Waals surface area contributed by atoms with Gasteiger partial charge in [-0.2, -0.15) is 0 Å². The zero-order valence-electron chi connectivity index (χ0n) is 21.1. The van der Waals surface area contributed by atoms with Gasteiger partial charge in [-0.05, 0) is 70.4 Å². The summed E-state index contributed by atoms with van der Waals surface area (Å²) >= 11 is 0. The molecular weight excluding hydrogens is 444 g/mol. The van der Waals surface area contributed by atoms with E-state index in [4.69, 9.17) is 15.0 Å². The van der Waals surface area contributed by atoms with Gasteiger partial charge in [-0.3, -0.25) is 9.98 Å². The molecule has 5 aliphatic rings. The van der Waals surface area contributed by atoms with Gasteiger partial charge in [-0.1, -0.05) is 36.4 Å². The molecule has 0 aliphatic carbocycles. The number of rotatable bonds is 0. The molecule has 5 atom stereocenters. The van der Waals surface area contributed by atoms with Gasteiger partial charge in [0.2, 0.25) is 0 Å². The molecule has 0 saturated carbocycles. The first kappa shape index (κ1) is 21.7. The maximum absolute atomic E-state index is 5.31. The fraction of sp³-hybridized carbons (Fsp3) is 0.367. The van der Waals surface area contributed by atoms with E-state index in [9.17, 15) is 0 Å². The lowest BCUT2D eigenvalue weighted by molar-refractivity contribution is 0.423. The minimum Gasteiger partial charge on any atom is -0.375 e. The minimum absolute atomic E-state index is 0.114. The van der Waals surface area contributed by atoms with Crippen LogP contribution in [0, 0.1) is 0 Å². The molecule has 0 radical (unpaired) electrons. The molecule has 0 aromatic heterocycles. The quantitative estimate of drug-likeness (QED) is 0.491. The molecule has 6 nitrogen and oxygen atoms in total. The van der Waals surface area contributed by atoms with Crippen molar-refractivity contribution in [3.8, 4) is 0 Å². The van der Waals surface area contributed by atoms with Crippen molar-refractivity contribution in [2.75, 3.05) is 4.90 Å². The van der Waals surface area contributed by atoms with Crippen LogP contribution < -0.4 is 15.5 Å². The SMILES string of the molecule is CC1=Nc2ccccc2N=C(C)C2CCCC(N2)C2=Nc3ccccc3N3C2C3(C)C2C=CC=C1N2. The van der Waals surface area contributed by atoms with Crippen molar-refractivity contribution >= 4 is 39.9 Å². The lowest BCUT2D eigenvalue weighted by Crippen LogP contribution is -2.52. The molecule has 0 amide bonds. The van der Waals surface area contributed by atoms with Crippen molar-refractivity contribution in [2.24, 2.45) is 15.0 Å². The summed E-state index contributed by atoms with van der Waals surface area (Å²) in [5.74, 6) is 0. The molecule has 2 aromatic carbocycles. The van der Waals surface area contributed by atoms with Gasteiger partial charge in [0.25, 0.3) is 0 Å². The van der Waals surface area contributed by atoms with Gasteiger partial charge in [-0.25, -0.2) is 4.99 Å². The van der Waals surface area contributed by atoms with E-state index in [1.165, 1.54) is 11.4 Å². The Balaban J connectivity index is 1.40. The standard InChI is InChI=1S/C30H32N6/c1-18-20-13-8-15-25(33-20)28-29-30(3,36(29)26-16-7-6-12-24(26)35-28)27-17-9-14-21(34-27)19(2)32-23-11-5-4-10-22(23)31-18/h4-7,9-12,14,16-17,20,25,27,29,33-34H,8,13,15H2,1-3H3. The second-order valence-corrected chi connectivity index (χ2v) is 10.8. The normalized spacial score (nSPS) is 32.1. The summed E-state index contributed by atoms with van der Waals surface area (Å²) in [6.07, 6.45) is 9.95. The van der Waals surface area contributed by atoms with Crippen molar-refractivity contribution in [3.05, 3.63) is 72.5 Å². The van der Waals surface area contributed by atoms with E-state index < -0.39 is 0 Å². The molecular formula is C30H32N6. The van der Waals surface area contributed by atoms with Crippen LogP contribution in [0.15, 0.2) is 87.4 Å². The molecule has 2 N–H and O–H groups in total. The maximum Gasteiger partial charge on any atom is 0.0951 e. The third kappa shape index (κ3) is 3.24. The van der Waals surface area contributed by atoms with Gasteiger partial charge < -0.3 is 15.5 Å². The second kappa shape index (κ2) is 8.00. The predicted molar refractivity (Wildman–Crippen MR) is 149 cm³/mol. The number of hydrogen-bond donors (Lipinski definition) is 2. The summed E-state index contributed by atoms with van der Waals surface area (Å²) in [4.78, 5) is 18.0. The van der Waals surface area contributed by atoms with Crippen LogP contribution in [0.4, 0.5) is 22.7 Å². The molecule has 7 rings (SSSR count). The number of anilines is 1. The Bertz CT molecular complexity index is 1400. The molecule has 2 fully saturated rings. The van der Waals surface area contributed by atoms with E-state index in [0.717, 1.165) is 53.4 Å². The highest BCUT2D eigenvalue weighted by molar-refractivity contribution is 6.10. The van der Waals surface area contributed by atoms with Crippen LogP contribution in [0.5, 0.6) is 0 Å². The first-order valence-corrected chi connectivity index (χ1v) is 13.1. The third-order valence-electron chi connectivity index (χ3n) is 8.55. The number of aliphatic imine (C=N–C) groups is 3. The van der Waals surface area contributed by atoms with E-state index in [1.807, 2.05) is 12.1 Å². The maximum atomic E-state index is 5.31. The number of nitrogens with one attached hydrogen (secondary N) is 2. The Morgan fingerprint density at radius 2 is 1.61 bits per heavy atom. The lowest BCUT2D eigenvalue weighted by Gasteiger charge is -2.33. The number of nitrogens with zero attached hydrogens (tertiary/aromatic N) is 4. The van der Waals surface area contributed by atoms with Crippen LogP contribution >= 0.6 is 0 Å². The number of hydrogen-bond acceptors (Lipinski definition) is 6. The zero-order valence-corrected chi connectivity index (χ0v) is 21.1. The number of fused-ring (bicyclic) bond motifs is 10.